The zero-order valence-electron chi connectivity index (χ0n) is 10.4. The van der Waals surface area contributed by atoms with Gasteiger partial charge in [0.2, 0.25) is 0 Å². The van der Waals surface area contributed by atoms with Crippen LogP contribution in [-0.4, -0.2) is 25.3 Å². The summed E-state index contributed by atoms with van der Waals surface area (Å²) in [6.07, 6.45) is 9.84. The van der Waals surface area contributed by atoms with Gasteiger partial charge in [0.15, 0.2) is 0 Å². The Morgan fingerprint density at radius 2 is 1.94 bits per heavy atom. The largest absolute Gasteiger partial charge is 0.460 e. The van der Waals surface area contributed by atoms with Gasteiger partial charge in [-0.3, -0.25) is 0 Å². The van der Waals surface area contributed by atoms with Gasteiger partial charge < -0.3 is 9.47 Å². The standard InChI is InChI=1S/C15H18O3/c1-2-14(16)17-7-8-18-15-12-9-13(15)11-6-4-3-5-10(11)12/h2,5-6,12-13,15H,1,3-4,7-9H2. The fourth-order valence-electron chi connectivity index (χ4n) is 3.30. The second-order valence-corrected chi connectivity index (χ2v) is 5.05. The van der Waals surface area contributed by atoms with Crippen molar-refractivity contribution in [2.75, 3.05) is 13.2 Å². The molecule has 4 rings (SSSR count). The summed E-state index contributed by atoms with van der Waals surface area (Å²) < 4.78 is 10.8. The minimum absolute atomic E-state index is 0.318. The van der Waals surface area contributed by atoms with Gasteiger partial charge in [0.05, 0.1) is 12.7 Å². The predicted octanol–water partition coefficient (Wildman–Crippen LogP) is 2.40. The van der Waals surface area contributed by atoms with E-state index in [1.165, 1.54) is 36.5 Å². The summed E-state index contributed by atoms with van der Waals surface area (Å²) in [5.74, 6) is 0.808. The summed E-state index contributed by atoms with van der Waals surface area (Å²) in [4.78, 5) is 10.9. The second kappa shape index (κ2) is 4.73. The van der Waals surface area contributed by atoms with Crippen LogP contribution >= 0.6 is 0 Å². The van der Waals surface area contributed by atoms with Gasteiger partial charge in [-0.2, -0.15) is 0 Å². The number of hydrogen-bond donors (Lipinski definition) is 0. The van der Waals surface area contributed by atoms with E-state index in [0.29, 0.717) is 31.2 Å². The summed E-state index contributed by atoms with van der Waals surface area (Å²) >= 11 is 0. The fraction of sp³-hybridized carbons (Fsp3) is 0.533. The smallest absolute Gasteiger partial charge is 0.330 e. The maximum absolute atomic E-state index is 10.9. The highest BCUT2D eigenvalue weighted by Crippen LogP contribution is 2.58. The Morgan fingerprint density at radius 1 is 1.28 bits per heavy atom. The maximum atomic E-state index is 10.9. The molecule has 4 aliphatic rings. The van der Waals surface area contributed by atoms with Gasteiger partial charge >= 0.3 is 5.97 Å². The Kier molecular flexibility index (Phi) is 3.08. The van der Waals surface area contributed by atoms with E-state index in [9.17, 15) is 4.79 Å². The monoisotopic (exact) mass is 246 g/mol. The summed E-state index contributed by atoms with van der Waals surface area (Å²) in [5.41, 5.74) is 3.05. The Morgan fingerprint density at radius 3 is 2.56 bits per heavy atom. The molecule has 96 valence electrons. The fourth-order valence-corrected chi connectivity index (χ4v) is 3.30. The minimum atomic E-state index is -0.380. The molecule has 0 N–H and O–H groups in total. The lowest BCUT2D eigenvalue weighted by atomic mass is 9.79. The number of allylic oxidation sites excluding steroid dienone is 2. The van der Waals surface area contributed by atoms with Crippen molar-refractivity contribution in [3.05, 3.63) is 36.0 Å². The van der Waals surface area contributed by atoms with E-state index >= 15 is 0 Å². The number of carbonyl (C=O) groups is 1. The molecular formula is C15H18O3. The lowest BCUT2D eigenvalue weighted by Gasteiger charge is -2.34. The van der Waals surface area contributed by atoms with Gasteiger partial charge in [0.1, 0.15) is 6.61 Å². The molecule has 3 saturated carbocycles. The van der Waals surface area contributed by atoms with Crippen LogP contribution in [0.4, 0.5) is 0 Å². The van der Waals surface area contributed by atoms with Crippen LogP contribution in [0.2, 0.25) is 0 Å². The third kappa shape index (κ3) is 1.83. The predicted molar refractivity (Wildman–Crippen MR) is 67.9 cm³/mol. The van der Waals surface area contributed by atoms with Crippen LogP contribution in [0.5, 0.6) is 0 Å². The average molecular weight is 246 g/mol. The van der Waals surface area contributed by atoms with Gasteiger partial charge in [-0.25, -0.2) is 4.79 Å². The molecule has 2 atom stereocenters. The van der Waals surface area contributed by atoms with Gasteiger partial charge in [0.25, 0.3) is 0 Å². The molecule has 0 radical (unpaired) electrons. The van der Waals surface area contributed by atoms with Crippen LogP contribution in [0.1, 0.15) is 19.3 Å². The highest BCUT2D eigenvalue weighted by molar-refractivity contribution is 5.81. The number of rotatable bonds is 5. The molecule has 0 heterocycles. The average Bonchev–Trinajstić information content (AvgIpc) is 2.90. The van der Waals surface area contributed by atoms with Crippen molar-refractivity contribution in [3.63, 3.8) is 0 Å². The number of esters is 1. The van der Waals surface area contributed by atoms with Crippen molar-refractivity contribution in [1.82, 2.24) is 0 Å². The molecule has 3 heteroatoms. The number of hydrogen-bond acceptors (Lipinski definition) is 3. The van der Waals surface area contributed by atoms with Crippen molar-refractivity contribution in [3.8, 4) is 0 Å². The molecule has 0 spiro atoms. The molecule has 0 aromatic heterocycles. The van der Waals surface area contributed by atoms with E-state index in [1.54, 1.807) is 0 Å². The van der Waals surface area contributed by atoms with Gasteiger partial charge in [0, 0.05) is 17.9 Å². The van der Waals surface area contributed by atoms with Gasteiger partial charge in [-0.05, 0) is 30.4 Å². The molecule has 3 fully saturated rings. The van der Waals surface area contributed by atoms with E-state index in [1.807, 2.05) is 0 Å². The summed E-state index contributed by atoms with van der Waals surface area (Å²) in [5, 5.41) is 0. The third-order valence-electron chi connectivity index (χ3n) is 4.13. The molecule has 0 saturated heterocycles. The first-order valence-corrected chi connectivity index (χ1v) is 6.62. The van der Waals surface area contributed by atoms with Crippen LogP contribution < -0.4 is 0 Å². The molecule has 0 aromatic carbocycles. The highest BCUT2D eigenvalue weighted by atomic mass is 16.6. The SMILES string of the molecule is C=CC(=O)OCCOC1C2CC1C1=CCCC=C12. The Balaban J connectivity index is 1.49. The first-order chi connectivity index (χ1) is 8.81. The lowest BCUT2D eigenvalue weighted by molar-refractivity contribution is -0.141. The van der Waals surface area contributed by atoms with Crippen molar-refractivity contribution in [2.24, 2.45) is 11.8 Å². The van der Waals surface area contributed by atoms with E-state index in [2.05, 4.69) is 18.7 Å². The first kappa shape index (κ1) is 11.7. The van der Waals surface area contributed by atoms with Crippen LogP contribution in [-0.2, 0) is 14.3 Å². The Labute approximate surface area is 107 Å². The Hall–Kier alpha value is -1.35. The van der Waals surface area contributed by atoms with Gasteiger partial charge in [-0.1, -0.05) is 18.7 Å². The van der Waals surface area contributed by atoms with Crippen LogP contribution in [0.25, 0.3) is 0 Å². The van der Waals surface area contributed by atoms with Gasteiger partial charge in [-0.15, -0.1) is 0 Å². The quantitative estimate of drug-likeness (QED) is 0.424. The molecule has 2 bridgehead atoms. The van der Waals surface area contributed by atoms with Crippen LogP contribution in [0.3, 0.4) is 0 Å². The summed E-state index contributed by atoms with van der Waals surface area (Å²) in [6, 6.07) is 0. The summed E-state index contributed by atoms with van der Waals surface area (Å²) in [6.45, 7) is 4.16. The minimum Gasteiger partial charge on any atom is -0.460 e. The third-order valence-corrected chi connectivity index (χ3v) is 4.13. The van der Waals surface area contributed by atoms with Crippen molar-refractivity contribution in [2.45, 2.75) is 25.4 Å². The summed E-state index contributed by atoms with van der Waals surface area (Å²) in [7, 11) is 0. The maximum Gasteiger partial charge on any atom is 0.330 e. The van der Waals surface area contributed by atoms with E-state index in [4.69, 9.17) is 9.47 Å². The van der Waals surface area contributed by atoms with E-state index in [-0.39, 0.29) is 5.97 Å². The molecular weight excluding hydrogens is 228 g/mol. The molecule has 18 heavy (non-hydrogen) atoms. The van der Waals surface area contributed by atoms with Crippen molar-refractivity contribution >= 4 is 5.97 Å². The lowest BCUT2D eigenvalue weighted by Crippen LogP contribution is -2.37. The first-order valence-electron chi connectivity index (χ1n) is 6.62. The second-order valence-electron chi connectivity index (χ2n) is 5.05. The molecule has 0 aromatic rings. The van der Waals surface area contributed by atoms with Crippen molar-refractivity contribution in [1.29, 1.82) is 0 Å². The molecule has 2 unspecified atom stereocenters. The topological polar surface area (TPSA) is 35.5 Å². The zero-order chi connectivity index (χ0) is 12.5. The van der Waals surface area contributed by atoms with Crippen LogP contribution in [0, 0.1) is 11.8 Å². The highest BCUT2D eigenvalue weighted by Gasteiger charge is 2.54. The molecule has 4 aliphatic carbocycles. The molecule has 0 aliphatic heterocycles. The van der Waals surface area contributed by atoms with Crippen molar-refractivity contribution < 1.29 is 14.3 Å². The molecule has 3 nitrogen and oxygen atoms in total. The number of ether oxygens (including phenoxy) is 2. The zero-order valence-corrected chi connectivity index (χ0v) is 10.4. The van der Waals surface area contributed by atoms with E-state index < -0.39 is 0 Å². The molecule has 0 amide bonds. The number of carbonyl (C=O) groups excluding carboxylic acids is 1. The van der Waals surface area contributed by atoms with Crippen LogP contribution in [0.15, 0.2) is 36.0 Å². The Bertz CT molecular complexity index is 407. The van der Waals surface area contributed by atoms with E-state index in [0.717, 1.165) is 0 Å². The normalized spacial score (nSPS) is 31.9.